The Hall–Kier alpha value is -2.48. The fraction of sp³-hybridized carbons (Fsp3) is 0.304. The van der Waals surface area contributed by atoms with Crippen LogP contribution in [0, 0.1) is 5.41 Å². The molecule has 0 aliphatic heterocycles. The first kappa shape index (κ1) is 17.3. The monoisotopic (exact) mass is 330 g/mol. The molecule has 0 N–H and O–H groups in total. The second kappa shape index (κ2) is 7.60. The van der Waals surface area contributed by atoms with E-state index in [9.17, 15) is 0 Å². The van der Waals surface area contributed by atoms with Gasteiger partial charge in [-0.05, 0) is 41.5 Å². The molecule has 25 heavy (non-hydrogen) atoms. The molecular weight excluding hydrogens is 304 g/mol. The standard InChI is InChI=1S/C23H26N2/c1-23(2,3)20-15-14-18(16-20)17-22(19-10-6-4-7-11-19)25-24-21-12-8-5-9-13-21/h4-13,15-16,22H,14,17H2,1-3H3. The summed E-state index contributed by atoms with van der Waals surface area (Å²) in [7, 11) is 0. The van der Waals surface area contributed by atoms with Crippen molar-refractivity contribution in [2.24, 2.45) is 15.6 Å². The lowest BCUT2D eigenvalue weighted by molar-refractivity contribution is 0.517. The summed E-state index contributed by atoms with van der Waals surface area (Å²) in [5.74, 6) is 0. The first-order valence-corrected chi connectivity index (χ1v) is 8.93. The maximum atomic E-state index is 4.68. The highest BCUT2D eigenvalue weighted by atomic mass is 15.1. The Morgan fingerprint density at radius 1 is 0.920 bits per heavy atom. The van der Waals surface area contributed by atoms with Crippen molar-refractivity contribution in [3.8, 4) is 0 Å². The number of allylic oxidation sites excluding steroid dienone is 3. The van der Waals surface area contributed by atoms with Gasteiger partial charge in [0.25, 0.3) is 0 Å². The van der Waals surface area contributed by atoms with E-state index < -0.39 is 0 Å². The average Bonchev–Trinajstić information content (AvgIpc) is 3.09. The summed E-state index contributed by atoms with van der Waals surface area (Å²) in [4.78, 5) is 0. The Kier molecular flexibility index (Phi) is 5.28. The Balaban J connectivity index is 1.80. The molecule has 0 amide bonds. The fourth-order valence-electron chi connectivity index (χ4n) is 3.02. The average molecular weight is 330 g/mol. The normalized spacial score (nSPS) is 16.0. The molecule has 1 aliphatic rings. The summed E-state index contributed by atoms with van der Waals surface area (Å²) in [5, 5.41) is 9.15. The minimum Gasteiger partial charge on any atom is -0.180 e. The van der Waals surface area contributed by atoms with Crippen molar-refractivity contribution in [1.29, 1.82) is 0 Å². The third-order valence-corrected chi connectivity index (χ3v) is 4.52. The van der Waals surface area contributed by atoms with Crippen LogP contribution in [0.2, 0.25) is 0 Å². The summed E-state index contributed by atoms with van der Waals surface area (Å²) in [5.41, 5.74) is 5.18. The van der Waals surface area contributed by atoms with Crippen molar-refractivity contribution >= 4 is 5.69 Å². The highest BCUT2D eigenvalue weighted by molar-refractivity contribution is 5.38. The molecule has 0 radical (unpaired) electrons. The van der Waals surface area contributed by atoms with E-state index in [4.69, 9.17) is 0 Å². The van der Waals surface area contributed by atoms with E-state index in [0.29, 0.717) is 0 Å². The highest BCUT2D eigenvalue weighted by Gasteiger charge is 2.21. The Morgan fingerprint density at radius 2 is 1.56 bits per heavy atom. The van der Waals surface area contributed by atoms with Crippen LogP contribution >= 0.6 is 0 Å². The maximum absolute atomic E-state index is 4.68. The van der Waals surface area contributed by atoms with Crippen LogP contribution in [0.1, 0.15) is 45.2 Å². The second-order valence-corrected chi connectivity index (χ2v) is 7.60. The molecule has 0 saturated carbocycles. The van der Waals surface area contributed by atoms with Crippen molar-refractivity contribution in [3.63, 3.8) is 0 Å². The zero-order valence-electron chi connectivity index (χ0n) is 15.3. The predicted octanol–water partition coefficient (Wildman–Crippen LogP) is 7.20. The lowest BCUT2D eigenvalue weighted by atomic mass is 9.87. The minimum absolute atomic E-state index is 0.0559. The summed E-state index contributed by atoms with van der Waals surface area (Å²) >= 11 is 0. The summed E-state index contributed by atoms with van der Waals surface area (Å²) in [6.07, 6.45) is 6.65. The van der Waals surface area contributed by atoms with Crippen LogP contribution in [0.5, 0.6) is 0 Å². The van der Waals surface area contributed by atoms with E-state index >= 15 is 0 Å². The number of azo groups is 1. The molecule has 1 aliphatic carbocycles. The topological polar surface area (TPSA) is 24.7 Å². The smallest absolute Gasteiger partial charge is 0.0999 e. The van der Waals surface area contributed by atoms with Crippen LogP contribution in [-0.4, -0.2) is 0 Å². The lowest BCUT2D eigenvalue weighted by Crippen LogP contribution is -2.06. The van der Waals surface area contributed by atoms with E-state index in [1.54, 1.807) is 0 Å². The molecule has 0 aromatic heterocycles. The fourth-order valence-corrected chi connectivity index (χ4v) is 3.02. The third-order valence-electron chi connectivity index (χ3n) is 4.52. The molecule has 2 aromatic carbocycles. The van der Waals surface area contributed by atoms with Gasteiger partial charge < -0.3 is 0 Å². The van der Waals surface area contributed by atoms with Crippen LogP contribution in [-0.2, 0) is 0 Å². The van der Waals surface area contributed by atoms with Crippen molar-refractivity contribution in [3.05, 3.63) is 89.5 Å². The van der Waals surface area contributed by atoms with Gasteiger partial charge in [-0.25, -0.2) is 0 Å². The maximum Gasteiger partial charge on any atom is 0.0999 e. The van der Waals surface area contributed by atoms with Crippen LogP contribution in [0.25, 0.3) is 0 Å². The zero-order chi connectivity index (χ0) is 17.7. The van der Waals surface area contributed by atoms with Crippen LogP contribution in [0.3, 0.4) is 0 Å². The van der Waals surface area contributed by atoms with E-state index in [2.05, 4.69) is 67.4 Å². The lowest BCUT2D eigenvalue weighted by Gasteiger charge is -2.18. The SMILES string of the molecule is CC(C)(C)C1=CCC(CC(N=Nc2ccccc2)c2ccccc2)=C1. The van der Waals surface area contributed by atoms with Gasteiger partial charge in [-0.15, -0.1) is 0 Å². The van der Waals surface area contributed by atoms with Gasteiger partial charge in [-0.1, -0.05) is 87.0 Å². The van der Waals surface area contributed by atoms with Crippen molar-refractivity contribution < 1.29 is 0 Å². The predicted molar refractivity (Wildman–Crippen MR) is 105 cm³/mol. The first-order valence-electron chi connectivity index (χ1n) is 8.93. The molecule has 0 bridgehead atoms. The molecule has 3 rings (SSSR count). The zero-order valence-corrected chi connectivity index (χ0v) is 15.3. The van der Waals surface area contributed by atoms with E-state index in [1.165, 1.54) is 16.7 Å². The van der Waals surface area contributed by atoms with Gasteiger partial charge >= 0.3 is 0 Å². The Bertz CT molecular complexity index is 778. The van der Waals surface area contributed by atoms with Crippen LogP contribution < -0.4 is 0 Å². The number of hydrogen-bond acceptors (Lipinski definition) is 2. The molecule has 1 unspecified atom stereocenters. The summed E-state index contributed by atoms with van der Waals surface area (Å²) < 4.78 is 0. The Morgan fingerprint density at radius 3 is 2.16 bits per heavy atom. The second-order valence-electron chi connectivity index (χ2n) is 7.60. The molecule has 2 heteroatoms. The van der Waals surface area contributed by atoms with E-state index in [1.807, 2.05) is 36.4 Å². The highest BCUT2D eigenvalue weighted by Crippen LogP contribution is 2.37. The first-order chi connectivity index (χ1) is 12.0. The van der Waals surface area contributed by atoms with Gasteiger partial charge in [0, 0.05) is 0 Å². The molecule has 128 valence electrons. The quantitative estimate of drug-likeness (QED) is 0.518. The van der Waals surface area contributed by atoms with Gasteiger partial charge in [0.1, 0.15) is 0 Å². The number of rotatable bonds is 5. The molecule has 1 atom stereocenters. The largest absolute Gasteiger partial charge is 0.180 e. The summed E-state index contributed by atoms with van der Waals surface area (Å²) in [6.45, 7) is 6.80. The van der Waals surface area contributed by atoms with Crippen molar-refractivity contribution in [1.82, 2.24) is 0 Å². The number of benzene rings is 2. The van der Waals surface area contributed by atoms with Gasteiger partial charge in [0.2, 0.25) is 0 Å². The van der Waals surface area contributed by atoms with E-state index in [-0.39, 0.29) is 11.5 Å². The van der Waals surface area contributed by atoms with Crippen LogP contribution in [0.15, 0.2) is 94.2 Å². The Labute approximate surface area is 151 Å². The number of hydrogen-bond donors (Lipinski definition) is 0. The molecule has 2 nitrogen and oxygen atoms in total. The number of nitrogens with zero attached hydrogens (tertiary/aromatic N) is 2. The van der Waals surface area contributed by atoms with Gasteiger partial charge in [-0.2, -0.15) is 10.2 Å². The molecule has 0 spiro atoms. The van der Waals surface area contributed by atoms with Gasteiger partial charge in [0.15, 0.2) is 0 Å². The molecule has 0 saturated heterocycles. The minimum atomic E-state index is 0.0559. The molecule has 2 aromatic rings. The van der Waals surface area contributed by atoms with E-state index in [0.717, 1.165) is 18.5 Å². The molecule has 0 heterocycles. The molecule has 0 fully saturated rings. The van der Waals surface area contributed by atoms with Crippen LogP contribution in [0.4, 0.5) is 5.69 Å². The van der Waals surface area contributed by atoms with Gasteiger partial charge in [-0.3, -0.25) is 0 Å². The van der Waals surface area contributed by atoms with Crippen molar-refractivity contribution in [2.45, 2.75) is 39.7 Å². The third kappa shape index (κ3) is 4.76. The molecular formula is C23H26N2. The summed E-state index contributed by atoms with van der Waals surface area (Å²) in [6, 6.07) is 20.5. The van der Waals surface area contributed by atoms with Crippen molar-refractivity contribution in [2.75, 3.05) is 0 Å². The van der Waals surface area contributed by atoms with Gasteiger partial charge in [0.05, 0.1) is 11.7 Å².